The van der Waals surface area contributed by atoms with E-state index in [4.69, 9.17) is 5.73 Å². The molecule has 5 N–H and O–H groups in total. The van der Waals surface area contributed by atoms with E-state index < -0.39 is 12.7 Å². The zero-order valence-electron chi connectivity index (χ0n) is 19.8. The Morgan fingerprint density at radius 2 is 1.79 bits per heavy atom. The molecule has 3 heterocycles. The van der Waals surface area contributed by atoms with Gasteiger partial charge in [0, 0.05) is 30.2 Å². The van der Waals surface area contributed by atoms with Crippen molar-refractivity contribution in [3.05, 3.63) is 90.4 Å². The number of hydrogen-bond donors (Lipinski definition) is 4. The number of nitrogens with two attached hydrogens (primary N) is 1. The second kappa shape index (κ2) is 10.5. The van der Waals surface area contributed by atoms with Gasteiger partial charge in [-0.3, -0.25) is 9.20 Å². The summed E-state index contributed by atoms with van der Waals surface area (Å²) in [7, 11) is 0. The molecule has 0 fully saturated rings. The zero-order valence-corrected chi connectivity index (χ0v) is 20.6. The Hall–Kier alpha value is -4.42. The second-order valence-electron chi connectivity index (χ2n) is 8.40. The average Bonchev–Trinajstić information content (AvgIpc) is 3.51. The van der Waals surface area contributed by atoms with E-state index in [1.165, 1.54) is 11.3 Å². The third-order valence-electron chi connectivity index (χ3n) is 5.59. The highest BCUT2D eigenvalue weighted by Gasteiger charge is 2.26. The van der Waals surface area contributed by atoms with Crippen molar-refractivity contribution in [2.75, 3.05) is 22.9 Å². The summed E-state index contributed by atoms with van der Waals surface area (Å²) in [6.07, 6.45) is 0.907. The monoisotopic (exact) mass is 537 g/mol. The molecule has 8 nitrogen and oxygen atoms in total. The third kappa shape index (κ3) is 5.93. The van der Waals surface area contributed by atoms with Crippen molar-refractivity contribution < 1.29 is 18.0 Å². The van der Waals surface area contributed by atoms with Gasteiger partial charge in [0.05, 0.1) is 34.7 Å². The van der Waals surface area contributed by atoms with Crippen LogP contribution in [0.2, 0.25) is 0 Å². The van der Waals surface area contributed by atoms with Crippen LogP contribution < -0.4 is 21.7 Å². The van der Waals surface area contributed by atoms with Gasteiger partial charge in [-0.25, -0.2) is 9.97 Å². The molecule has 0 spiro atoms. The van der Waals surface area contributed by atoms with Crippen molar-refractivity contribution in [2.24, 2.45) is 0 Å². The molecule has 12 heteroatoms. The van der Waals surface area contributed by atoms with Crippen LogP contribution >= 0.6 is 11.3 Å². The van der Waals surface area contributed by atoms with Crippen LogP contribution in [0.3, 0.4) is 0 Å². The minimum atomic E-state index is -4.26. The molecule has 5 aromatic rings. The Morgan fingerprint density at radius 1 is 1.00 bits per heavy atom. The molecule has 0 unspecified atom stereocenters. The number of pyridine rings is 1. The molecule has 0 radical (unpaired) electrons. The van der Waals surface area contributed by atoms with E-state index in [2.05, 4.69) is 25.9 Å². The summed E-state index contributed by atoms with van der Waals surface area (Å²) in [5, 5.41) is 9.05. The number of alkyl halides is 3. The number of carbonyl (C=O) groups excluding carboxylic acids is 1. The number of nitrogen functional groups attached to an aromatic ring is 1. The number of amides is 1. The number of hydrogen-bond acceptors (Lipinski definition) is 7. The van der Waals surface area contributed by atoms with Crippen LogP contribution in [0.1, 0.15) is 15.9 Å². The highest BCUT2D eigenvalue weighted by Crippen LogP contribution is 2.31. The van der Waals surface area contributed by atoms with E-state index >= 15 is 0 Å². The molecular weight excluding hydrogens is 515 g/mol. The largest absolute Gasteiger partial charge is 0.401 e. The number of nitrogens with one attached hydrogen (secondary N) is 3. The van der Waals surface area contributed by atoms with Crippen molar-refractivity contribution in [3.8, 4) is 10.6 Å². The Balaban J connectivity index is 1.26. The van der Waals surface area contributed by atoms with Crippen molar-refractivity contribution in [2.45, 2.75) is 12.7 Å². The number of halogens is 3. The predicted molar refractivity (Wildman–Crippen MR) is 143 cm³/mol. The van der Waals surface area contributed by atoms with Crippen molar-refractivity contribution in [1.82, 2.24) is 19.7 Å². The number of imidazole rings is 1. The number of aromatic nitrogens is 3. The summed E-state index contributed by atoms with van der Waals surface area (Å²) < 4.78 is 39.2. The van der Waals surface area contributed by atoms with E-state index in [0.717, 1.165) is 16.3 Å². The van der Waals surface area contributed by atoms with Gasteiger partial charge >= 0.3 is 6.18 Å². The van der Waals surface area contributed by atoms with Gasteiger partial charge in [0.1, 0.15) is 5.65 Å². The Kier molecular flexibility index (Phi) is 6.99. The van der Waals surface area contributed by atoms with Crippen LogP contribution in [0.5, 0.6) is 0 Å². The number of thiazole rings is 1. The normalized spacial score (nSPS) is 11.6. The smallest absolute Gasteiger partial charge is 0.397 e. The molecule has 0 aliphatic heterocycles. The number of rotatable bonds is 8. The zero-order chi connectivity index (χ0) is 26.7. The minimum Gasteiger partial charge on any atom is -0.397 e. The number of para-hydroxylation sites is 2. The van der Waals surface area contributed by atoms with E-state index in [1.807, 2.05) is 4.40 Å². The Labute approximate surface area is 219 Å². The van der Waals surface area contributed by atoms with Crippen LogP contribution in [0, 0.1) is 0 Å². The SMILES string of the molecule is Nc1ccccc1NC(=O)c1ccc(Nc2ncc(-c3cnc4ccc(CNCC(F)(F)F)cn34)s2)cc1. The molecule has 38 heavy (non-hydrogen) atoms. The summed E-state index contributed by atoms with van der Waals surface area (Å²) in [4.78, 5) is 22.2. The van der Waals surface area contributed by atoms with Gasteiger partial charge in [-0.15, -0.1) is 0 Å². The van der Waals surface area contributed by atoms with E-state index in [-0.39, 0.29) is 12.5 Å². The van der Waals surface area contributed by atoms with E-state index in [0.29, 0.717) is 33.3 Å². The maximum absolute atomic E-state index is 12.5. The molecule has 2 aromatic carbocycles. The maximum Gasteiger partial charge on any atom is 0.401 e. The van der Waals surface area contributed by atoms with Gasteiger partial charge in [-0.05, 0) is 48.0 Å². The van der Waals surface area contributed by atoms with Gasteiger partial charge in [-0.2, -0.15) is 13.2 Å². The van der Waals surface area contributed by atoms with Crippen molar-refractivity contribution >= 4 is 45.1 Å². The fourth-order valence-corrected chi connectivity index (χ4v) is 4.59. The molecule has 0 bridgehead atoms. The summed E-state index contributed by atoms with van der Waals surface area (Å²) in [6.45, 7) is -0.978. The maximum atomic E-state index is 12.5. The molecule has 5 rings (SSSR count). The van der Waals surface area contributed by atoms with Crippen molar-refractivity contribution in [3.63, 3.8) is 0 Å². The van der Waals surface area contributed by atoms with Gasteiger partial charge in [0.2, 0.25) is 0 Å². The van der Waals surface area contributed by atoms with Crippen molar-refractivity contribution in [1.29, 1.82) is 0 Å². The highest BCUT2D eigenvalue weighted by atomic mass is 32.1. The molecule has 0 saturated heterocycles. The lowest BCUT2D eigenvalue weighted by atomic mass is 10.2. The first-order chi connectivity index (χ1) is 18.2. The lowest BCUT2D eigenvalue weighted by molar-refractivity contribution is -0.125. The number of anilines is 4. The highest BCUT2D eigenvalue weighted by molar-refractivity contribution is 7.18. The van der Waals surface area contributed by atoms with Crippen LogP contribution in [-0.4, -0.2) is 33.0 Å². The molecule has 0 aliphatic rings. The molecule has 0 aliphatic carbocycles. The Morgan fingerprint density at radius 3 is 2.55 bits per heavy atom. The Bertz CT molecular complexity index is 1580. The second-order valence-corrected chi connectivity index (χ2v) is 9.43. The number of fused-ring (bicyclic) bond motifs is 1. The van der Waals surface area contributed by atoms with Gasteiger partial charge in [0.25, 0.3) is 5.91 Å². The summed E-state index contributed by atoms with van der Waals surface area (Å²) in [5.74, 6) is -0.272. The lowest BCUT2D eigenvalue weighted by Gasteiger charge is -2.09. The molecule has 0 saturated carbocycles. The number of benzene rings is 2. The molecule has 194 valence electrons. The van der Waals surface area contributed by atoms with Gasteiger partial charge in [0.15, 0.2) is 5.13 Å². The topological polar surface area (TPSA) is 109 Å². The fraction of sp³-hybridized carbons (Fsp3) is 0.115. The first-order valence-corrected chi connectivity index (χ1v) is 12.3. The van der Waals surface area contributed by atoms with Crippen LogP contribution in [0.4, 0.5) is 35.4 Å². The first kappa shape index (κ1) is 25.2. The van der Waals surface area contributed by atoms with E-state index in [9.17, 15) is 18.0 Å². The minimum absolute atomic E-state index is 0.0787. The van der Waals surface area contributed by atoms with Crippen LogP contribution in [0.25, 0.3) is 16.2 Å². The first-order valence-electron chi connectivity index (χ1n) is 11.5. The molecular formula is C26H22F3N7OS. The lowest BCUT2D eigenvalue weighted by Crippen LogP contribution is -2.28. The predicted octanol–water partition coefficient (Wildman–Crippen LogP) is 5.69. The summed E-state index contributed by atoms with van der Waals surface area (Å²) in [6, 6.07) is 17.5. The summed E-state index contributed by atoms with van der Waals surface area (Å²) >= 11 is 1.40. The van der Waals surface area contributed by atoms with E-state index in [1.54, 1.807) is 79.3 Å². The molecule has 3 aromatic heterocycles. The fourth-order valence-electron chi connectivity index (χ4n) is 3.74. The number of carbonyl (C=O) groups is 1. The third-order valence-corrected chi connectivity index (χ3v) is 6.52. The number of nitrogens with zero attached hydrogens (tertiary/aromatic N) is 3. The molecule has 0 atom stereocenters. The summed E-state index contributed by atoms with van der Waals surface area (Å²) in [5.41, 5.74) is 10.3. The van der Waals surface area contributed by atoms with Gasteiger partial charge < -0.3 is 21.7 Å². The van der Waals surface area contributed by atoms with Crippen LogP contribution in [-0.2, 0) is 6.54 Å². The van der Waals surface area contributed by atoms with Crippen LogP contribution in [0.15, 0.2) is 79.3 Å². The average molecular weight is 538 g/mol. The molecule has 1 amide bonds. The van der Waals surface area contributed by atoms with Gasteiger partial charge in [-0.1, -0.05) is 29.5 Å². The quantitative estimate of drug-likeness (QED) is 0.190. The standard InChI is InChI=1S/C26H22F3N7OS/c27-26(28,29)15-31-11-16-5-10-23-32-12-21(36(23)14-16)22-13-33-25(38-22)34-18-8-6-17(7-9-18)24(37)35-20-4-2-1-3-19(20)30/h1-10,12-14,31H,11,15,30H2,(H,33,34)(H,35,37).